The first-order chi connectivity index (χ1) is 13.3. The molecule has 0 spiro atoms. The molecule has 0 amide bonds. The summed E-state index contributed by atoms with van der Waals surface area (Å²) in [6.45, 7) is 1.91. The molecule has 8 heteroatoms. The Balaban J connectivity index is 1.87. The highest BCUT2D eigenvalue weighted by molar-refractivity contribution is 7.90. The van der Waals surface area contributed by atoms with Gasteiger partial charge in [0.1, 0.15) is 6.61 Å². The quantitative estimate of drug-likeness (QED) is 0.573. The lowest BCUT2D eigenvalue weighted by atomic mass is 9.96. The number of thiocarbonyl (C=S) groups is 1. The van der Waals surface area contributed by atoms with E-state index >= 15 is 0 Å². The second kappa shape index (κ2) is 8.12. The highest BCUT2D eigenvalue weighted by Crippen LogP contribution is 2.28. The van der Waals surface area contributed by atoms with Gasteiger partial charge >= 0.3 is 5.97 Å². The lowest BCUT2D eigenvalue weighted by molar-refractivity contribution is -0.140. The summed E-state index contributed by atoms with van der Waals surface area (Å²) in [5.74, 6) is -0.471. The van der Waals surface area contributed by atoms with Gasteiger partial charge in [0.05, 0.1) is 16.5 Å². The van der Waals surface area contributed by atoms with Crippen LogP contribution in [0.15, 0.2) is 70.8 Å². The standard InChI is InChI=1S/C20H20N2O4S2/c1-13-17(19(23)26-12-14-6-4-3-5-7-14)18(22-20(27)21-13)15-8-10-16(11-9-15)28(2,24)25/h3-11,18H,12H2,1-2H3,(H2,21,22,27). The maximum Gasteiger partial charge on any atom is 0.338 e. The minimum absolute atomic E-state index is 0.153. The van der Waals surface area contributed by atoms with E-state index < -0.39 is 21.8 Å². The summed E-state index contributed by atoms with van der Waals surface area (Å²) in [4.78, 5) is 13.0. The Bertz CT molecular complexity index is 1030. The smallest absolute Gasteiger partial charge is 0.338 e. The van der Waals surface area contributed by atoms with Crippen LogP contribution in [0.25, 0.3) is 0 Å². The highest BCUT2D eigenvalue weighted by atomic mass is 32.2. The molecule has 6 nitrogen and oxygen atoms in total. The van der Waals surface area contributed by atoms with Crippen LogP contribution in [0.3, 0.4) is 0 Å². The normalized spacial score (nSPS) is 16.9. The number of ether oxygens (including phenoxy) is 1. The summed E-state index contributed by atoms with van der Waals surface area (Å²) in [6, 6.07) is 15.2. The van der Waals surface area contributed by atoms with Gasteiger partial charge in [-0.05, 0) is 42.4 Å². The van der Waals surface area contributed by atoms with E-state index in [0.717, 1.165) is 11.8 Å². The maximum atomic E-state index is 12.8. The number of carbonyl (C=O) groups excluding carboxylic acids is 1. The van der Waals surface area contributed by atoms with Crippen LogP contribution in [-0.2, 0) is 26.0 Å². The number of allylic oxidation sites excluding steroid dienone is 1. The number of benzene rings is 2. The minimum atomic E-state index is -3.30. The van der Waals surface area contributed by atoms with Gasteiger partial charge < -0.3 is 15.4 Å². The van der Waals surface area contributed by atoms with Gasteiger partial charge in [0.25, 0.3) is 0 Å². The summed E-state index contributed by atoms with van der Waals surface area (Å²) in [7, 11) is -3.30. The zero-order valence-corrected chi connectivity index (χ0v) is 17.1. The molecule has 28 heavy (non-hydrogen) atoms. The van der Waals surface area contributed by atoms with Crippen LogP contribution >= 0.6 is 12.2 Å². The molecule has 0 fully saturated rings. The van der Waals surface area contributed by atoms with Crippen molar-refractivity contribution >= 4 is 33.1 Å². The Morgan fingerprint density at radius 2 is 1.75 bits per heavy atom. The second-order valence-corrected chi connectivity index (χ2v) is 8.90. The van der Waals surface area contributed by atoms with Crippen LogP contribution in [0.4, 0.5) is 0 Å². The molecule has 0 aromatic heterocycles. The fraction of sp³-hybridized carbons (Fsp3) is 0.200. The average Bonchev–Trinajstić information content (AvgIpc) is 2.66. The number of nitrogens with one attached hydrogen (secondary N) is 2. The summed E-state index contributed by atoms with van der Waals surface area (Å²) in [6.07, 6.45) is 1.15. The zero-order chi connectivity index (χ0) is 20.3. The number of carbonyl (C=O) groups is 1. The van der Waals surface area contributed by atoms with E-state index in [4.69, 9.17) is 17.0 Å². The van der Waals surface area contributed by atoms with Gasteiger partial charge in [-0.2, -0.15) is 0 Å². The third kappa shape index (κ3) is 4.58. The van der Waals surface area contributed by atoms with Gasteiger partial charge in [-0.3, -0.25) is 0 Å². The maximum absolute atomic E-state index is 12.8. The molecular weight excluding hydrogens is 396 g/mol. The lowest BCUT2D eigenvalue weighted by Crippen LogP contribution is -2.45. The monoisotopic (exact) mass is 416 g/mol. The largest absolute Gasteiger partial charge is 0.457 e. The van der Waals surface area contributed by atoms with Crippen molar-refractivity contribution in [3.8, 4) is 0 Å². The Morgan fingerprint density at radius 3 is 2.36 bits per heavy atom. The predicted molar refractivity (Wildman–Crippen MR) is 110 cm³/mol. The average molecular weight is 417 g/mol. The molecule has 1 heterocycles. The Labute approximate surface area is 169 Å². The molecule has 146 valence electrons. The number of hydrogen-bond donors (Lipinski definition) is 2. The van der Waals surface area contributed by atoms with Gasteiger partial charge in [-0.25, -0.2) is 13.2 Å². The SMILES string of the molecule is CC1=C(C(=O)OCc2ccccc2)C(c2ccc(S(C)(=O)=O)cc2)NC(=S)N1. The predicted octanol–water partition coefficient (Wildman–Crippen LogP) is 2.63. The van der Waals surface area contributed by atoms with Crippen molar-refractivity contribution in [2.75, 3.05) is 6.26 Å². The summed E-state index contributed by atoms with van der Waals surface area (Å²) in [5, 5.41) is 6.39. The second-order valence-electron chi connectivity index (χ2n) is 6.47. The van der Waals surface area contributed by atoms with Gasteiger partial charge in [0.15, 0.2) is 14.9 Å². The molecule has 1 aliphatic heterocycles. The molecular formula is C20H20N2O4S2. The van der Waals surface area contributed by atoms with Crippen molar-refractivity contribution in [1.29, 1.82) is 0 Å². The van der Waals surface area contributed by atoms with Crippen LogP contribution in [0.5, 0.6) is 0 Å². The molecule has 0 radical (unpaired) electrons. The highest BCUT2D eigenvalue weighted by Gasteiger charge is 2.31. The summed E-state index contributed by atoms with van der Waals surface area (Å²) in [5.41, 5.74) is 2.59. The van der Waals surface area contributed by atoms with Crippen LogP contribution < -0.4 is 10.6 Å². The summed E-state index contributed by atoms with van der Waals surface area (Å²) >= 11 is 5.22. The molecule has 1 atom stereocenters. The molecule has 3 rings (SSSR count). The van der Waals surface area contributed by atoms with Gasteiger partial charge in [-0.1, -0.05) is 42.5 Å². The Morgan fingerprint density at radius 1 is 1.11 bits per heavy atom. The molecule has 0 saturated carbocycles. The van der Waals surface area contributed by atoms with Crippen molar-refractivity contribution in [1.82, 2.24) is 10.6 Å². The van der Waals surface area contributed by atoms with Crippen molar-refractivity contribution in [2.24, 2.45) is 0 Å². The Hall–Kier alpha value is -2.71. The molecule has 1 aliphatic rings. The molecule has 1 unspecified atom stereocenters. The van der Waals surface area contributed by atoms with Crippen LogP contribution in [0.2, 0.25) is 0 Å². The van der Waals surface area contributed by atoms with E-state index in [9.17, 15) is 13.2 Å². The Kier molecular flexibility index (Phi) is 5.81. The van der Waals surface area contributed by atoms with Gasteiger partial charge in [-0.15, -0.1) is 0 Å². The molecule has 0 saturated heterocycles. The summed E-state index contributed by atoms with van der Waals surface area (Å²) < 4.78 is 28.9. The third-order valence-corrected chi connectivity index (χ3v) is 5.69. The lowest BCUT2D eigenvalue weighted by Gasteiger charge is -2.30. The number of rotatable bonds is 5. The van der Waals surface area contributed by atoms with Gasteiger partial charge in [0.2, 0.25) is 0 Å². The van der Waals surface area contributed by atoms with Crippen LogP contribution in [-0.4, -0.2) is 25.8 Å². The minimum Gasteiger partial charge on any atom is -0.457 e. The van der Waals surface area contributed by atoms with E-state index in [0.29, 0.717) is 21.9 Å². The van der Waals surface area contributed by atoms with E-state index in [2.05, 4.69) is 10.6 Å². The van der Waals surface area contributed by atoms with Crippen molar-refractivity contribution in [3.63, 3.8) is 0 Å². The molecule has 2 aromatic carbocycles. The fourth-order valence-electron chi connectivity index (χ4n) is 2.92. The molecule has 2 aromatic rings. The fourth-order valence-corrected chi connectivity index (χ4v) is 3.82. The van der Waals surface area contributed by atoms with Crippen LogP contribution in [0.1, 0.15) is 24.1 Å². The topological polar surface area (TPSA) is 84.5 Å². The zero-order valence-electron chi connectivity index (χ0n) is 15.4. The van der Waals surface area contributed by atoms with Crippen LogP contribution in [0, 0.1) is 0 Å². The number of hydrogen-bond acceptors (Lipinski definition) is 5. The van der Waals surface area contributed by atoms with Gasteiger partial charge in [0, 0.05) is 12.0 Å². The first-order valence-electron chi connectivity index (χ1n) is 8.55. The van der Waals surface area contributed by atoms with Crippen molar-refractivity contribution in [3.05, 3.63) is 77.0 Å². The molecule has 0 bridgehead atoms. The molecule has 2 N–H and O–H groups in total. The third-order valence-electron chi connectivity index (χ3n) is 4.34. The number of esters is 1. The number of sulfone groups is 1. The van der Waals surface area contributed by atoms with Crippen molar-refractivity contribution in [2.45, 2.75) is 24.5 Å². The van der Waals surface area contributed by atoms with Crippen molar-refractivity contribution < 1.29 is 17.9 Å². The van der Waals surface area contributed by atoms with E-state index in [1.807, 2.05) is 30.3 Å². The first kappa shape index (κ1) is 20.0. The van der Waals surface area contributed by atoms with E-state index in [1.165, 1.54) is 12.1 Å². The molecule has 0 aliphatic carbocycles. The van der Waals surface area contributed by atoms with E-state index in [-0.39, 0.29) is 11.5 Å². The first-order valence-corrected chi connectivity index (χ1v) is 10.8. The van der Waals surface area contributed by atoms with E-state index in [1.54, 1.807) is 19.1 Å².